The standard InChI is InChI=1S/C14H21NO3/c15-12-4-1-5-13(10-12)17-9-3-7-16-11-14-6-2-8-18-14/h1,4-5,10,14H,2-3,6-9,11,15H2. The summed E-state index contributed by atoms with van der Waals surface area (Å²) in [5, 5.41) is 0. The van der Waals surface area contributed by atoms with Gasteiger partial charge in [-0.25, -0.2) is 0 Å². The summed E-state index contributed by atoms with van der Waals surface area (Å²) >= 11 is 0. The van der Waals surface area contributed by atoms with Crippen molar-refractivity contribution in [3.63, 3.8) is 0 Å². The number of ether oxygens (including phenoxy) is 3. The average Bonchev–Trinajstić information content (AvgIpc) is 2.87. The Bertz CT molecular complexity index is 351. The minimum Gasteiger partial charge on any atom is -0.493 e. The Balaban J connectivity index is 1.50. The second kappa shape index (κ2) is 7.24. The van der Waals surface area contributed by atoms with Crippen LogP contribution >= 0.6 is 0 Å². The van der Waals surface area contributed by atoms with Crippen LogP contribution in [0, 0.1) is 0 Å². The molecule has 0 saturated carbocycles. The minimum absolute atomic E-state index is 0.305. The molecule has 1 saturated heterocycles. The third-order valence-electron chi connectivity index (χ3n) is 2.89. The summed E-state index contributed by atoms with van der Waals surface area (Å²) in [6, 6.07) is 7.47. The molecule has 1 aromatic rings. The summed E-state index contributed by atoms with van der Waals surface area (Å²) in [5.41, 5.74) is 6.39. The molecule has 0 radical (unpaired) electrons. The molecule has 0 aliphatic carbocycles. The largest absolute Gasteiger partial charge is 0.493 e. The molecule has 18 heavy (non-hydrogen) atoms. The van der Waals surface area contributed by atoms with Crippen LogP contribution < -0.4 is 10.5 Å². The topological polar surface area (TPSA) is 53.7 Å². The third kappa shape index (κ3) is 4.55. The van der Waals surface area contributed by atoms with Crippen molar-refractivity contribution in [2.45, 2.75) is 25.4 Å². The van der Waals surface area contributed by atoms with Gasteiger partial charge in [-0.1, -0.05) is 6.07 Å². The fourth-order valence-electron chi connectivity index (χ4n) is 1.95. The zero-order valence-corrected chi connectivity index (χ0v) is 10.6. The van der Waals surface area contributed by atoms with Gasteiger partial charge >= 0.3 is 0 Å². The van der Waals surface area contributed by atoms with Gasteiger partial charge < -0.3 is 19.9 Å². The molecular formula is C14H21NO3. The van der Waals surface area contributed by atoms with Crippen LogP contribution in [0.5, 0.6) is 5.75 Å². The molecule has 0 bridgehead atoms. The van der Waals surface area contributed by atoms with Crippen LogP contribution in [0.15, 0.2) is 24.3 Å². The van der Waals surface area contributed by atoms with Crippen molar-refractivity contribution in [1.82, 2.24) is 0 Å². The normalized spacial score (nSPS) is 19.0. The summed E-state index contributed by atoms with van der Waals surface area (Å²) in [7, 11) is 0. The van der Waals surface area contributed by atoms with E-state index in [1.807, 2.05) is 24.3 Å². The Kier molecular flexibility index (Phi) is 5.30. The first-order valence-corrected chi connectivity index (χ1v) is 6.52. The lowest BCUT2D eigenvalue weighted by molar-refractivity contribution is 0.0141. The summed E-state index contributed by atoms with van der Waals surface area (Å²) in [6.45, 7) is 2.95. The van der Waals surface area contributed by atoms with Crippen LogP contribution in [0.1, 0.15) is 19.3 Å². The van der Waals surface area contributed by atoms with Gasteiger partial charge in [0.2, 0.25) is 0 Å². The van der Waals surface area contributed by atoms with Crippen molar-refractivity contribution >= 4 is 5.69 Å². The second-order valence-electron chi connectivity index (χ2n) is 4.48. The van der Waals surface area contributed by atoms with Crippen molar-refractivity contribution in [1.29, 1.82) is 0 Å². The van der Waals surface area contributed by atoms with Crippen LogP contribution in [-0.4, -0.2) is 32.5 Å². The van der Waals surface area contributed by atoms with E-state index in [1.165, 1.54) is 0 Å². The Morgan fingerprint density at radius 3 is 3.06 bits per heavy atom. The van der Waals surface area contributed by atoms with Gasteiger partial charge in [-0.15, -0.1) is 0 Å². The Hall–Kier alpha value is -1.26. The van der Waals surface area contributed by atoms with Crippen molar-refractivity contribution in [2.24, 2.45) is 0 Å². The molecule has 1 heterocycles. The third-order valence-corrected chi connectivity index (χ3v) is 2.89. The highest BCUT2D eigenvalue weighted by Crippen LogP contribution is 2.14. The zero-order valence-electron chi connectivity index (χ0n) is 10.6. The number of hydrogen-bond acceptors (Lipinski definition) is 4. The molecule has 100 valence electrons. The van der Waals surface area contributed by atoms with E-state index in [-0.39, 0.29) is 0 Å². The molecule has 1 aromatic carbocycles. The molecule has 4 nitrogen and oxygen atoms in total. The SMILES string of the molecule is Nc1cccc(OCCCOCC2CCCO2)c1. The van der Waals surface area contributed by atoms with Crippen LogP contribution in [0.25, 0.3) is 0 Å². The maximum atomic E-state index is 5.66. The molecular weight excluding hydrogens is 230 g/mol. The maximum Gasteiger partial charge on any atom is 0.121 e. The first-order chi connectivity index (χ1) is 8.84. The first kappa shape index (κ1) is 13.2. The lowest BCUT2D eigenvalue weighted by Gasteiger charge is -2.10. The van der Waals surface area contributed by atoms with Crippen LogP contribution in [0.2, 0.25) is 0 Å². The Morgan fingerprint density at radius 2 is 2.28 bits per heavy atom. The molecule has 1 unspecified atom stereocenters. The zero-order chi connectivity index (χ0) is 12.6. The molecule has 0 amide bonds. The van der Waals surface area contributed by atoms with Gasteiger partial charge in [0.05, 0.1) is 19.3 Å². The molecule has 0 spiro atoms. The van der Waals surface area contributed by atoms with E-state index in [1.54, 1.807) is 0 Å². The van der Waals surface area contributed by atoms with Crippen molar-refractivity contribution in [3.8, 4) is 5.75 Å². The highest BCUT2D eigenvalue weighted by molar-refractivity contribution is 5.43. The Labute approximate surface area is 108 Å². The summed E-state index contributed by atoms with van der Waals surface area (Å²) in [4.78, 5) is 0. The molecule has 1 atom stereocenters. The smallest absolute Gasteiger partial charge is 0.121 e. The highest BCUT2D eigenvalue weighted by atomic mass is 16.5. The average molecular weight is 251 g/mol. The van der Waals surface area contributed by atoms with E-state index in [9.17, 15) is 0 Å². The number of nitrogens with two attached hydrogens (primary N) is 1. The second-order valence-corrected chi connectivity index (χ2v) is 4.48. The van der Waals surface area contributed by atoms with Gasteiger partial charge in [-0.2, -0.15) is 0 Å². The van der Waals surface area contributed by atoms with E-state index in [2.05, 4.69) is 0 Å². The van der Waals surface area contributed by atoms with Gasteiger partial charge in [-0.05, 0) is 25.0 Å². The van der Waals surface area contributed by atoms with Gasteiger partial charge in [-0.3, -0.25) is 0 Å². The van der Waals surface area contributed by atoms with Gasteiger partial charge in [0, 0.05) is 31.4 Å². The maximum absolute atomic E-state index is 5.66. The Morgan fingerprint density at radius 1 is 1.33 bits per heavy atom. The van der Waals surface area contributed by atoms with Gasteiger partial charge in [0.1, 0.15) is 5.75 Å². The summed E-state index contributed by atoms with van der Waals surface area (Å²) in [6.07, 6.45) is 3.47. The molecule has 2 rings (SSSR count). The van der Waals surface area contributed by atoms with E-state index in [0.717, 1.165) is 37.3 Å². The number of rotatable bonds is 7. The van der Waals surface area contributed by atoms with Crippen LogP contribution in [-0.2, 0) is 9.47 Å². The molecule has 4 heteroatoms. The molecule has 2 N–H and O–H groups in total. The fourth-order valence-corrected chi connectivity index (χ4v) is 1.95. The number of anilines is 1. The van der Waals surface area contributed by atoms with Crippen LogP contribution in [0.3, 0.4) is 0 Å². The lowest BCUT2D eigenvalue weighted by atomic mass is 10.2. The molecule has 0 aromatic heterocycles. The summed E-state index contributed by atoms with van der Waals surface area (Å²) in [5.74, 6) is 0.814. The van der Waals surface area contributed by atoms with Crippen molar-refractivity contribution < 1.29 is 14.2 Å². The van der Waals surface area contributed by atoms with E-state index in [0.29, 0.717) is 25.9 Å². The highest BCUT2D eigenvalue weighted by Gasteiger charge is 2.14. The van der Waals surface area contributed by atoms with Crippen molar-refractivity contribution in [3.05, 3.63) is 24.3 Å². The molecule has 1 aliphatic rings. The number of nitrogen functional groups attached to an aromatic ring is 1. The monoisotopic (exact) mass is 251 g/mol. The minimum atomic E-state index is 0.305. The number of benzene rings is 1. The fraction of sp³-hybridized carbons (Fsp3) is 0.571. The first-order valence-electron chi connectivity index (χ1n) is 6.52. The lowest BCUT2D eigenvalue weighted by Crippen LogP contribution is -2.15. The van der Waals surface area contributed by atoms with E-state index < -0.39 is 0 Å². The quantitative estimate of drug-likeness (QED) is 0.596. The van der Waals surface area contributed by atoms with Gasteiger partial charge in [0.15, 0.2) is 0 Å². The predicted octanol–water partition coefficient (Wildman–Crippen LogP) is 2.23. The van der Waals surface area contributed by atoms with Gasteiger partial charge in [0.25, 0.3) is 0 Å². The predicted molar refractivity (Wildman–Crippen MR) is 70.8 cm³/mol. The molecule has 1 fully saturated rings. The van der Waals surface area contributed by atoms with E-state index in [4.69, 9.17) is 19.9 Å². The van der Waals surface area contributed by atoms with E-state index >= 15 is 0 Å². The summed E-state index contributed by atoms with van der Waals surface area (Å²) < 4.78 is 16.6. The van der Waals surface area contributed by atoms with Crippen LogP contribution in [0.4, 0.5) is 5.69 Å². The molecule has 1 aliphatic heterocycles. The van der Waals surface area contributed by atoms with Crippen molar-refractivity contribution in [2.75, 3.05) is 32.2 Å². The number of hydrogen-bond donors (Lipinski definition) is 1.